The summed E-state index contributed by atoms with van der Waals surface area (Å²) in [5.74, 6) is -1.10. The van der Waals surface area contributed by atoms with Gasteiger partial charge in [0.05, 0.1) is 10.9 Å². The summed E-state index contributed by atoms with van der Waals surface area (Å²) in [6, 6.07) is 7.41. The molecular formula is C17H19N3O3. The van der Waals surface area contributed by atoms with Crippen LogP contribution in [-0.4, -0.2) is 45.2 Å². The van der Waals surface area contributed by atoms with Gasteiger partial charge in [-0.1, -0.05) is 24.3 Å². The van der Waals surface area contributed by atoms with Crippen molar-refractivity contribution in [2.45, 2.75) is 19.3 Å². The second-order valence-corrected chi connectivity index (χ2v) is 6.03. The minimum absolute atomic E-state index is 0.189. The molecule has 0 radical (unpaired) electrons. The van der Waals surface area contributed by atoms with Crippen LogP contribution in [-0.2, 0) is 4.79 Å². The molecule has 1 unspecified atom stereocenters. The van der Waals surface area contributed by atoms with E-state index in [4.69, 9.17) is 0 Å². The highest BCUT2D eigenvalue weighted by Gasteiger charge is 2.43. The highest BCUT2D eigenvalue weighted by Crippen LogP contribution is 2.35. The summed E-state index contributed by atoms with van der Waals surface area (Å²) >= 11 is 0. The van der Waals surface area contributed by atoms with Crippen LogP contribution in [0, 0.1) is 5.41 Å². The maximum absolute atomic E-state index is 12.8. The molecule has 0 spiro atoms. The molecule has 120 valence electrons. The summed E-state index contributed by atoms with van der Waals surface area (Å²) in [5.41, 5.74) is 0.200. The Hall–Kier alpha value is -2.63. The Kier molecular flexibility index (Phi) is 3.90. The first-order chi connectivity index (χ1) is 11.1. The minimum atomic E-state index is -0.943. The number of H-pyrrole nitrogens is 1. The number of carbonyl (C=O) groups excluding carboxylic acids is 1. The molecule has 2 heterocycles. The molecule has 1 saturated heterocycles. The van der Waals surface area contributed by atoms with Crippen molar-refractivity contribution >= 4 is 22.8 Å². The van der Waals surface area contributed by atoms with Gasteiger partial charge in [-0.25, -0.2) is 0 Å². The Balaban J connectivity index is 1.90. The summed E-state index contributed by atoms with van der Waals surface area (Å²) in [6.07, 6.45) is 3.19. The van der Waals surface area contributed by atoms with Gasteiger partial charge in [0.2, 0.25) is 0 Å². The first-order valence-electron chi connectivity index (χ1n) is 7.64. The van der Waals surface area contributed by atoms with Crippen LogP contribution in [0.5, 0.6) is 0 Å². The third-order valence-electron chi connectivity index (χ3n) is 4.53. The molecule has 1 aliphatic rings. The molecule has 23 heavy (non-hydrogen) atoms. The van der Waals surface area contributed by atoms with Crippen LogP contribution >= 0.6 is 0 Å². The van der Waals surface area contributed by atoms with Crippen LogP contribution in [0.15, 0.2) is 36.9 Å². The molecule has 1 aromatic carbocycles. The van der Waals surface area contributed by atoms with E-state index in [0.29, 0.717) is 31.5 Å². The number of amides is 1. The van der Waals surface area contributed by atoms with E-state index in [1.165, 1.54) is 0 Å². The van der Waals surface area contributed by atoms with Crippen molar-refractivity contribution in [3.05, 3.63) is 42.6 Å². The number of hydrogen-bond acceptors (Lipinski definition) is 3. The number of carboxylic acids is 1. The maximum atomic E-state index is 12.8. The highest BCUT2D eigenvalue weighted by atomic mass is 16.4. The van der Waals surface area contributed by atoms with E-state index < -0.39 is 11.4 Å². The van der Waals surface area contributed by atoms with E-state index in [-0.39, 0.29) is 12.5 Å². The number of nitrogens with zero attached hydrogens (tertiary/aromatic N) is 2. The lowest BCUT2D eigenvalue weighted by atomic mass is 9.77. The van der Waals surface area contributed by atoms with Crippen molar-refractivity contribution in [1.29, 1.82) is 0 Å². The second-order valence-electron chi connectivity index (χ2n) is 6.03. The zero-order valence-electron chi connectivity index (χ0n) is 12.8. The minimum Gasteiger partial charge on any atom is -0.481 e. The van der Waals surface area contributed by atoms with Gasteiger partial charge >= 0.3 is 5.97 Å². The zero-order chi connectivity index (χ0) is 16.4. The van der Waals surface area contributed by atoms with Crippen molar-refractivity contribution in [1.82, 2.24) is 15.1 Å². The van der Waals surface area contributed by atoms with Crippen molar-refractivity contribution in [3.63, 3.8) is 0 Å². The van der Waals surface area contributed by atoms with Gasteiger partial charge in [-0.2, -0.15) is 5.10 Å². The highest BCUT2D eigenvalue weighted by molar-refractivity contribution is 6.04. The Morgan fingerprint density at radius 2 is 2.22 bits per heavy atom. The Labute approximate surface area is 133 Å². The molecule has 6 nitrogen and oxygen atoms in total. The number of nitrogens with one attached hydrogen (secondary N) is 1. The smallest absolute Gasteiger partial charge is 0.311 e. The van der Waals surface area contributed by atoms with E-state index >= 15 is 0 Å². The Bertz CT molecular complexity index is 767. The fraction of sp³-hybridized carbons (Fsp3) is 0.353. The van der Waals surface area contributed by atoms with Crippen molar-refractivity contribution < 1.29 is 14.7 Å². The molecule has 1 aliphatic heterocycles. The number of aromatic nitrogens is 2. The average molecular weight is 313 g/mol. The molecule has 1 amide bonds. The second kappa shape index (κ2) is 5.87. The summed E-state index contributed by atoms with van der Waals surface area (Å²) < 4.78 is 0. The molecule has 3 rings (SSSR count). The van der Waals surface area contributed by atoms with E-state index in [9.17, 15) is 14.7 Å². The molecule has 6 heteroatoms. The molecular weight excluding hydrogens is 294 g/mol. The normalized spacial score (nSPS) is 21.3. The van der Waals surface area contributed by atoms with Gasteiger partial charge in [0, 0.05) is 18.5 Å². The number of aromatic amines is 1. The van der Waals surface area contributed by atoms with E-state index in [2.05, 4.69) is 16.8 Å². The van der Waals surface area contributed by atoms with Gasteiger partial charge in [-0.15, -0.1) is 6.58 Å². The summed E-state index contributed by atoms with van der Waals surface area (Å²) in [7, 11) is 0. The standard InChI is InChI=1S/C17H19N3O3/c1-2-8-17(16(22)23)9-5-10-20(11-17)15(21)14-12-6-3-4-7-13(12)18-19-14/h2-4,6-7H,1,5,8-11H2,(H,18,19)(H,22,23). The predicted octanol–water partition coefficient (Wildman–Crippen LogP) is 2.45. The molecule has 1 atom stereocenters. The van der Waals surface area contributed by atoms with Crippen molar-refractivity contribution in [2.24, 2.45) is 5.41 Å². The number of para-hydroxylation sites is 1. The summed E-state index contributed by atoms with van der Waals surface area (Å²) in [5, 5.41) is 17.3. The van der Waals surface area contributed by atoms with Gasteiger partial charge in [0.25, 0.3) is 5.91 Å². The Morgan fingerprint density at radius 3 is 2.96 bits per heavy atom. The van der Waals surface area contributed by atoms with Gasteiger partial charge in [0.1, 0.15) is 0 Å². The van der Waals surface area contributed by atoms with Crippen molar-refractivity contribution in [3.8, 4) is 0 Å². The number of likely N-dealkylation sites (tertiary alicyclic amines) is 1. The Morgan fingerprint density at radius 1 is 1.43 bits per heavy atom. The molecule has 0 bridgehead atoms. The quantitative estimate of drug-likeness (QED) is 0.849. The fourth-order valence-electron chi connectivity index (χ4n) is 3.29. The summed E-state index contributed by atoms with van der Waals surface area (Å²) in [4.78, 5) is 26.1. The summed E-state index contributed by atoms with van der Waals surface area (Å²) in [6.45, 7) is 4.40. The number of fused-ring (bicyclic) bond motifs is 1. The number of benzene rings is 1. The van der Waals surface area contributed by atoms with Crippen LogP contribution in [0.25, 0.3) is 10.9 Å². The number of piperidine rings is 1. The first-order valence-corrected chi connectivity index (χ1v) is 7.64. The van der Waals surface area contributed by atoms with Gasteiger partial charge in [-0.05, 0) is 25.3 Å². The lowest BCUT2D eigenvalue weighted by Gasteiger charge is -2.39. The van der Waals surface area contributed by atoms with Crippen LogP contribution in [0.2, 0.25) is 0 Å². The monoisotopic (exact) mass is 313 g/mol. The van der Waals surface area contributed by atoms with E-state index in [1.807, 2.05) is 24.3 Å². The van der Waals surface area contributed by atoms with Gasteiger partial charge < -0.3 is 10.0 Å². The maximum Gasteiger partial charge on any atom is 0.311 e. The van der Waals surface area contributed by atoms with Crippen LogP contribution < -0.4 is 0 Å². The van der Waals surface area contributed by atoms with Crippen LogP contribution in [0.3, 0.4) is 0 Å². The van der Waals surface area contributed by atoms with E-state index in [1.54, 1.807) is 11.0 Å². The number of rotatable bonds is 4. The molecule has 2 aromatic rings. The molecule has 2 N–H and O–H groups in total. The van der Waals surface area contributed by atoms with Gasteiger partial charge in [0.15, 0.2) is 5.69 Å². The number of aliphatic carboxylic acids is 1. The van der Waals surface area contributed by atoms with E-state index in [0.717, 1.165) is 10.9 Å². The molecule has 1 aromatic heterocycles. The number of carboxylic acid groups (broad SMARTS) is 1. The third kappa shape index (κ3) is 2.60. The SMILES string of the molecule is C=CCC1(C(=O)O)CCCN(C(=O)c2n[nH]c3ccccc23)C1. The van der Waals surface area contributed by atoms with Crippen LogP contribution in [0.1, 0.15) is 29.8 Å². The number of carbonyl (C=O) groups is 2. The van der Waals surface area contributed by atoms with Crippen LogP contribution in [0.4, 0.5) is 0 Å². The van der Waals surface area contributed by atoms with Crippen molar-refractivity contribution in [2.75, 3.05) is 13.1 Å². The largest absolute Gasteiger partial charge is 0.481 e. The molecule has 0 saturated carbocycles. The topological polar surface area (TPSA) is 86.3 Å². The zero-order valence-corrected chi connectivity index (χ0v) is 12.8. The molecule has 0 aliphatic carbocycles. The molecule has 1 fully saturated rings. The number of allylic oxidation sites excluding steroid dienone is 1. The third-order valence-corrected chi connectivity index (χ3v) is 4.53. The average Bonchev–Trinajstić information content (AvgIpc) is 2.98. The first kappa shape index (κ1) is 15.3. The predicted molar refractivity (Wildman–Crippen MR) is 86.1 cm³/mol. The number of hydrogen-bond donors (Lipinski definition) is 2. The lowest BCUT2D eigenvalue weighted by Crippen LogP contribution is -2.49. The fourth-order valence-corrected chi connectivity index (χ4v) is 3.29. The lowest BCUT2D eigenvalue weighted by molar-refractivity contribution is -0.151. The van der Waals surface area contributed by atoms with Gasteiger partial charge in [-0.3, -0.25) is 14.7 Å².